The smallest absolute Gasteiger partial charge is 1.00 e. The SMILES string of the molecule is C.C.CCOCCl.CCOCOCc1cc(Oc2ccc(OC)c(OC)c2)ccc1Br.COc1ccc(Oc2ccc(Br)c(CO)c2)cc1OC.[2HH].[H-].[Na+]. The number of rotatable bonds is 16. The minimum atomic E-state index is -0.0519. The summed E-state index contributed by atoms with van der Waals surface area (Å²) in [6, 6.07) is 22.2. The molecule has 0 heterocycles. The van der Waals surface area contributed by atoms with Crippen molar-refractivity contribution in [3.63, 3.8) is 0 Å². The summed E-state index contributed by atoms with van der Waals surface area (Å²) in [5.41, 5.74) is 1.75. The molecule has 0 amide bonds. The van der Waals surface area contributed by atoms with Gasteiger partial charge in [-0.05, 0) is 85.6 Å². The molecule has 0 fully saturated rings. The number of alkyl halides is 1. The van der Waals surface area contributed by atoms with Crippen LogP contribution in [0.3, 0.4) is 0 Å². The van der Waals surface area contributed by atoms with Crippen LogP contribution < -0.4 is 58.0 Å². The minimum Gasteiger partial charge on any atom is -1.00 e. The van der Waals surface area contributed by atoms with Crippen molar-refractivity contribution in [2.45, 2.75) is 41.9 Å². The van der Waals surface area contributed by atoms with Crippen LogP contribution in [0.4, 0.5) is 0 Å². The Bertz CT molecular complexity index is 1560. The van der Waals surface area contributed by atoms with Gasteiger partial charge in [-0.3, -0.25) is 0 Å². The molecule has 0 saturated heterocycles. The van der Waals surface area contributed by atoms with Gasteiger partial charge in [0, 0.05) is 35.7 Å². The molecule has 14 heteroatoms. The summed E-state index contributed by atoms with van der Waals surface area (Å²) in [6.07, 6.45) is 0. The van der Waals surface area contributed by atoms with E-state index in [1.807, 2.05) is 50.2 Å². The Balaban J connectivity index is -0.000000383. The second-order valence-electron chi connectivity index (χ2n) is 9.46. The van der Waals surface area contributed by atoms with Crippen LogP contribution in [-0.4, -0.2) is 59.6 Å². The molecule has 0 aliphatic rings. The molecular weight excluding hydrogens is 835 g/mol. The van der Waals surface area contributed by atoms with E-state index in [0.717, 1.165) is 20.1 Å². The molecule has 0 aromatic heterocycles. The molecule has 0 bridgehead atoms. The van der Waals surface area contributed by atoms with Crippen LogP contribution in [0.25, 0.3) is 0 Å². The minimum absolute atomic E-state index is 0. The number of ether oxygens (including phenoxy) is 9. The average Bonchev–Trinajstić information content (AvgIpc) is 3.12. The molecule has 4 rings (SSSR count). The van der Waals surface area contributed by atoms with Gasteiger partial charge < -0.3 is 49.2 Å². The van der Waals surface area contributed by atoms with E-state index in [2.05, 4.69) is 36.6 Å². The summed E-state index contributed by atoms with van der Waals surface area (Å²) < 4.78 is 49.6. The molecule has 0 aliphatic carbocycles. The van der Waals surface area contributed by atoms with Crippen LogP contribution in [0.2, 0.25) is 0 Å². The Morgan fingerprint density at radius 1 is 0.596 bits per heavy atom. The summed E-state index contributed by atoms with van der Waals surface area (Å²) >= 11 is 12.0. The van der Waals surface area contributed by atoms with Crippen molar-refractivity contribution in [3.8, 4) is 46.0 Å². The van der Waals surface area contributed by atoms with E-state index < -0.39 is 0 Å². The van der Waals surface area contributed by atoms with Gasteiger partial charge in [-0.25, -0.2) is 0 Å². The topological polar surface area (TPSA) is 103 Å². The van der Waals surface area contributed by atoms with Gasteiger partial charge >= 0.3 is 29.6 Å². The van der Waals surface area contributed by atoms with E-state index in [0.29, 0.717) is 71.9 Å². The van der Waals surface area contributed by atoms with Crippen LogP contribution in [-0.2, 0) is 27.4 Å². The van der Waals surface area contributed by atoms with Gasteiger partial charge in [0.15, 0.2) is 23.0 Å². The summed E-state index contributed by atoms with van der Waals surface area (Å²) in [6.45, 7) is 5.82. The number of aliphatic hydroxyl groups excluding tert-OH is 1. The van der Waals surface area contributed by atoms with E-state index in [-0.39, 0.29) is 60.7 Å². The van der Waals surface area contributed by atoms with Gasteiger partial charge in [-0.15, -0.1) is 0 Å². The van der Waals surface area contributed by atoms with Crippen LogP contribution in [0, 0.1) is 0 Å². The van der Waals surface area contributed by atoms with Crippen LogP contribution in [0.1, 0.15) is 42.7 Å². The molecule has 0 unspecified atom stereocenters. The molecule has 1 N–H and O–H groups in total. The maximum absolute atomic E-state index is 9.24. The predicted molar refractivity (Wildman–Crippen MR) is 214 cm³/mol. The number of aliphatic hydroxyl groups is 1. The number of hydrogen-bond donors (Lipinski definition) is 1. The maximum atomic E-state index is 9.24. The fourth-order valence-electron chi connectivity index (χ4n) is 3.86. The van der Waals surface area contributed by atoms with Gasteiger partial charge in [0.1, 0.15) is 35.9 Å². The molecule has 0 spiro atoms. The molecule has 0 saturated carbocycles. The number of benzene rings is 4. The van der Waals surface area contributed by atoms with Gasteiger partial charge in [-0.1, -0.05) is 58.3 Å². The van der Waals surface area contributed by atoms with E-state index >= 15 is 0 Å². The van der Waals surface area contributed by atoms with Crippen molar-refractivity contribution in [1.82, 2.24) is 0 Å². The van der Waals surface area contributed by atoms with Crippen LogP contribution >= 0.6 is 43.5 Å². The Morgan fingerprint density at radius 2 is 1.00 bits per heavy atom. The second-order valence-corrected chi connectivity index (χ2v) is 11.4. The van der Waals surface area contributed by atoms with Gasteiger partial charge in [0.25, 0.3) is 0 Å². The predicted octanol–water partition coefficient (Wildman–Crippen LogP) is 8.37. The average molecular weight is 890 g/mol. The fraction of sp³-hybridized carbons (Fsp3) is 0.368. The zero-order valence-corrected chi connectivity index (χ0v) is 35.4. The van der Waals surface area contributed by atoms with Crippen LogP contribution in [0.15, 0.2) is 81.7 Å². The first kappa shape index (κ1) is 51.9. The molecule has 0 aliphatic heterocycles. The van der Waals surface area contributed by atoms with Crippen molar-refractivity contribution in [2.24, 2.45) is 0 Å². The summed E-state index contributed by atoms with van der Waals surface area (Å²) in [7, 11) is 6.35. The summed E-state index contributed by atoms with van der Waals surface area (Å²) in [5.74, 6) is 5.17. The van der Waals surface area contributed by atoms with Crippen molar-refractivity contribution in [3.05, 3.63) is 92.9 Å². The van der Waals surface area contributed by atoms with Gasteiger partial charge in [-0.2, -0.15) is 0 Å². The molecule has 4 aromatic rings. The number of methoxy groups -OCH3 is 4. The van der Waals surface area contributed by atoms with E-state index in [1.54, 1.807) is 64.8 Å². The third-order valence-electron chi connectivity index (χ3n) is 6.30. The van der Waals surface area contributed by atoms with Gasteiger partial charge in [0.05, 0.1) is 41.7 Å². The van der Waals surface area contributed by atoms with Crippen molar-refractivity contribution in [2.75, 3.05) is 54.5 Å². The first-order chi connectivity index (χ1) is 23.8. The summed E-state index contributed by atoms with van der Waals surface area (Å²) in [5, 5.41) is 9.24. The van der Waals surface area contributed by atoms with Crippen molar-refractivity contribution in [1.29, 1.82) is 0 Å². The normalized spacial score (nSPS) is 9.58. The molecule has 288 valence electrons. The molecule has 10 nitrogen and oxygen atoms in total. The van der Waals surface area contributed by atoms with Crippen molar-refractivity contribution < 1.29 is 80.1 Å². The van der Waals surface area contributed by atoms with Crippen LogP contribution in [0.5, 0.6) is 46.0 Å². The Morgan fingerprint density at radius 3 is 1.38 bits per heavy atom. The zero-order valence-electron chi connectivity index (χ0n) is 30.4. The van der Waals surface area contributed by atoms with E-state index in [4.69, 9.17) is 49.5 Å². The molecule has 0 radical (unpaired) electrons. The third-order valence-corrected chi connectivity index (χ3v) is 8.00. The quantitative estimate of drug-likeness (QED) is 0.0511. The maximum Gasteiger partial charge on any atom is 1.00 e. The Hall–Kier alpha value is -2.23. The zero-order chi connectivity index (χ0) is 36.0. The standard InChI is InChI=1S/C18H21BrO5.C15H15BrO4.C3H7ClO.2CH4.Na.H2.H/c1-4-22-12-23-11-13-9-14(5-7-16(13)19)24-15-6-8-17(20-2)18(10-15)21-3;1-18-14-6-4-12(8-15(14)19-2)20-11-3-5-13(16)10(7-11)9-17;1-2-5-3-4;;;;;/h5-10H,4,11-12H2,1-3H3;3-8,17H,9H2,1-2H3;2-3H2,1H3;2*1H4;;1H;/q;;;;;+1;;-1/i;;;;;;1+1;. The molecule has 52 heavy (non-hydrogen) atoms. The monoisotopic (exact) mass is 887 g/mol. The fourth-order valence-corrected chi connectivity index (χ4v) is 4.75. The largest absolute Gasteiger partial charge is 1.00 e. The number of halogens is 3. The third kappa shape index (κ3) is 18.2. The van der Waals surface area contributed by atoms with Crippen molar-refractivity contribution >= 4 is 43.5 Å². The summed E-state index contributed by atoms with van der Waals surface area (Å²) in [4.78, 5) is 0. The van der Waals surface area contributed by atoms with Gasteiger partial charge in [0.2, 0.25) is 0 Å². The molecule has 0 atom stereocenters. The Kier molecular flexibility index (Phi) is 30.1. The molecular formula is C38H54Br2ClNaO10. The Labute approximate surface area is 356 Å². The van der Waals surface area contributed by atoms with E-state index in [9.17, 15) is 5.11 Å². The second kappa shape index (κ2) is 30.1. The first-order valence-electron chi connectivity index (χ1n) is 15.0. The first-order valence-corrected chi connectivity index (χ1v) is 17.2. The van der Waals surface area contributed by atoms with E-state index in [1.165, 1.54) is 0 Å². The number of hydrogen-bond acceptors (Lipinski definition) is 10. The molecule has 4 aromatic carbocycles.